The maximum absolute atomic E-state index is 12.9. The standard InChI is InChI=1S/C22H20Cl2N4O2/c23-19-14-25-28(22(30)20(19)24)18-8-6-17(7-9-18)21(29)27-12-10-26(11-13-27)15-16-4-2-1-3-5-16/h1-9,14H,10-13,15H2. The van der Waals surface area contributed by atoms with Gasteiger partial charge in [0.2, 0.25) is 0 Å². The summed E-state index contributed by atoms with van der Waals surface area (Å²) in [5, 5.41) is 4.03. The molecule has 0 atom stereocenters. The Morgan fingerprint density at radius 1 is 0.933 bits per heavy atom. The number of piperazine rings is 1. The maximum Gasteiger partial charge on any atom is 0.291 e. The maximum atomic E-state index is 12.9. The Morgan fingerprint density at radius 2 is 1.60 bits per heavy atom. The molecule has 1 amide bonds. The molecule has 4 rings (SSSR count). The molecule has 2 heterocycles. The first-order valence-electron chi connectivity index (χ1n) is 9.62. The summed E-state index contributed by atoms with van der Waals surface area (Å²) >= 11 is 11.7. The Morgan fingerprint density at radius 3 is 2.27 bits per heavy atom. The molecule has 0 N–H and O–H groups in total. The lowest BCUT2D eigenvalue weighted by Crippen LogP contribution is -2.48. The molecule has 0 radical (unpaired) electrons. The molecule has 6 nitrogen and oxygen atoms in total. The van der Waals surface area contributed by atoms with Crippen LogP contribution in [0.1, 0.15) is 15.9 Å². The van der Waals surface area contributed by atoms with Crippen LogP contribution in [0.25, 0.3) is 5.69 Å². The molecule has 30 heavy (non-hydrogen) atoms. The van der Waals surface area contributed by atoms with Crippen molar-refractivity contribution in [2.24, 2.45) is 0 Å². The van der Waals surface area contributed by atoms with E-state index in [-0.39, 0.29) is 16.0 Å². The van der Waals surface area contributed by atoms with Gasteiger partial charge < -0.3 is 4.90 Å². The first-order valence-corrected chi connectivity index (χ1v) is 10.4. The van der Waals surface area contributed by atoms with Crippen LogP contribution in [0, 0.1) is 0 Å². The molecule has 1 aliphatic heterocycles. The van der Waals surface area contributed by atoms with Gasteiger partial charge in [-0.1, -0.05) is 53.5 Å². The second kappa shape index (κ2) is 9.00. The Hall–Kier alpha value is -2.67. The number of carbonyl (C=O) groups is 1. The SMILES string of the molecule is O=C(c1ccc(-n2ncc(Cl)c(Cl)c2=O)cc1)N1CCN(Cc2ccccc2)CC1. The van der Waals surface area contributed by atoms with Gasteiger partial charge in [-0.15, -0.1) is 0 Å². The first kappa shape index (κ1) is 20.6. The highest BCUT2D eigenvalue weighted by atomic mass is 35.5. The van der Waals surface area contributed by atoms with E-state index in [1.54, 1.807) is 24.3 Å². The monoisotopic (exact) mass is 442 g/mol. The Kier molecular flexibility index (Phi) is 6.18. The summed E-state index contributed by atoms with van der Waals surface area (Å²) in [6.07, 6.45) is 1.32. The summed E-state index contributed by atoms with van der Waals surface area (Å²) in [6, 6.07) is 17.1. The third-order valence-corrected chi connectivity index (χ3v) is 5.89. The number of carbonyl (C=O) groups excluding carboxylic acids is 1. The van der Waals surface area contributed by atoms with Gasteiger partial charge in [0, 0.05) is 38.3 Å². The van der Waals surface area contributed by atoms with Crippen molar-refractivity contribution in [1.29, 1.82) is 0 Å². The number of halogens is 2. The van der Waals surface area contributed by atoms with Crippen LogP contribution < -0.4 is 5.56 Å². The van der Waals surface area contributed by atoms with Gasteiger partial charge in [0.25, 0.3) is 11.5 Å². The van der Waals surface area contributed by atoms with E-state index < -0.39 is 5.56 Å². The van der Waals surface area contributed by atoms with E-state index in [1.165, 1.54) is 11.8 Å². The third kappa shape index (κ3) is 4.41. The average Bonchev–Trinajstić information content (AvgIpc) is 2.79. The van der Waals surface area contributed by atoms with E-state index in [1.807, 2.05) is 23.1 Å². The number of nitrogens with zero attached hydrogens (tertiary/aromatic N) is 4. The topological polar surface area (TPSA) is 58.4 Å². The average molecular weight is 443 g/mol. The zero-order valence-corrected chi connectivity index (χ0v) is 17.7. The van der Waals surface area contributed by atoms with E-state index in [9.17, 15) is 9.59 Å². The molecule has 0 bridgehead atoms. The van der Waals surface area contributed by atoms with Gasteiger partial charge in [-0.25, -0.2) is 0 Å². The molecule has 3 aromatic rings. The van der Waals surface area contributed by atoms with Crippen LogP contribution in [0.3, 0.4) is 0 Å². The van der Waals surface area contributed by atoms with Crippen molar-refractivity contribution < 1.29 is 4.79 Å². The van der Waals surface area contributed by atoms with Crippen LogP contribution in [0.4, 0.5) is 0 Å². The number of rotatable bonds is 4. The quantitative estimate of drug-likeness (QED) is 0.620. The van der Waals surface area contributed by atoms with Crippen molar-refractivity contribution in [3.63, 3.8) is 0 Å². The smallest absolute Gasteiger partial charge is 0.291 e. The van der Waals surface area contributed by atoms with Crippen molar-refractivity contribution in [2.45, 2.75) is 6.54 Å². The molecular weight excluding hydrogens is 423 g/mol. The van der Waals surface area contributed by atoms with Crippen LogP contribution in [0.2, 0.25) is 10.0 Å². The predicted molar refractivity (Wildman–Crippen MR) is 117 cm³/mol. The summed E-state index contributed by atoms with van der Waals surface area (Å²) in [4.78, 5) is 29.3. The highest BCUT2D eigenvalue weighted by Gasteiger charge is 2.22. The van der Waals surface area contributed by atoms with Gasteiger partial charge in [0.05, 0.1) is 16.9 Å². The molecule has 0 unspecified atom stereocenters. The van der Waals surface area contributed by atoms with Gasteiger partial charge in [-0.3, -0.25) is 14.5 Å². The zero-order valence-electron chi connectivity index (χ0n) is 16.2. The van der Waals surface area contributed by atoms with Gasteiger partial charge in [-0.05, 0) is 29.8 Å². The summed E-state index contributed by atoms with van der Waals surface area (Å²) in [6.45, 7) is 3.92. The number of hydrogen-bond donors (Lipinski definition) is 0. The fourth-order valence-electron chi connectivity index (χ4n) is 3.48. The largest absolute Gasteiger partial charge is 0.336 e. The molecule has 8 heteroatoms. The van der Waals surface area contributed by atoms with E-state index in [2.05, 4.69) is 22.1 Å². The molecule has 154 valence electrons. The number of hydrogen-bond acceptors (Lipinski definition) is 4. The minimum atomic E-state index is -0.502. The fourth-order valence-corrected chi connectivity index (χ4v) is 3.73. The first-order chi connectivity index (χ1) is 14.5. The van der Waals surface area contributed by atoms with Crippen molar-refractivity contribution in [1.82, 2.24) is 19.6 Å². The Balaban J connectivity index is 1.40. The van der Waals surface area contributed by atoms with Crippen LogP contribution in [-0.4, -0.2) is 51.7 Å². The second-order valence-electron chi connectivity index (χ2n) is 7.12. The van der Waals surface area contributed by atoms with Gasteiger partial charge >= 0.3 is 0 Å². The number of benzene rings is 2. The number of amides is 1. The van der Waals surface area contributed by atoms with E-state index in [4.69, 9.17) is 23.2 Å². The molecule has 0 aliphatic carbocycles. The van der Waals surface area contributed by atoms with Gasteiger partial charge in [0.15, 0.2) is 0 Å². The molecule has 1 saturated heterocycles. The van der Waals surface area contributed by atoms with Crippen LogP contribution >= 0.6 is 23.2 Å². The molecular formula is C22H20Cl2N4O2. The third-order valence-electron chi connectivity index (χ3n) is 5.14. The zero-order chi connectivity index (χ0) is 21.1. The molecule has 0 saturated carbocycles. The summed E-state index contributed by atoms with van der Waals surface area (Å²) in [5.41, 5.74) is 1.86. The predicted octanol–water partition coefficient (Wildman–Crippen LogP) is 3.50. The molecule has 0 spiro atoms. The van der Waals surface area contributed by atoms with Crippen LogP contribution in [0.15, 0.2) is 65.6 Å². The van der Waals surface area contributed by atoms with E-state index in [0.29, 0.717) is 24.3 Å². The van der Waals surface area contributed by atoms with Crippen molar-refractivity contribution in [3.05, 3.63) is 92.3 Å². The van der Waals surface area contributed by atoms with Crippen LogP contribution in [-0.2, 0) is 6.54 Å². The molecule has 1 aliphatic rings. The lowest BCUT2D eigenvalue weighted by atomic mass is 10.1. The normalized spacial score (nSPS) is 14.7. The van der Waals surface area contributed by atoms with Crippen LogP contribution in [0.5, 0.6) is 0 Å². The lowest BCUT2D eigenvalue weighted by molar-refractivity contribution is 0.0628. The molecule has 1 aromatic heterocycles. The summed E-state index contributed by atoms with van der Waals surface area (Å²) in [5.74, 6) is -0.0182. The Bertz CT molecular complexity index is 1090. The second-order valence-corrected chi connectivity index (χ2v) is 7.91. The summed E-state index contributed by atoms with van der Waals surface area (Å²) < 4.78 is 1.16. The van der Waals surface area contributed by atoms with E-state index in [0.717, 1.165) is 24.3 Å². The van der Waals surface area contributed by atoms with Gasteiger partial charge in [-0.2, -0.15) is 9.78 Å². The van der Waals surface area contributed by atoms with Gasteiger partial charge in [0.1, 0.15) is 5.02 Å². The number of aromatic nitrogens is 2. The minimum Gasteiger partial charge on any atom is -0.336 e. The minimum absolute atomic E-state index is 0.0182. The summed E-state index contributed by atoms with van der Waals surface area (Å²) in [7, 11) is 0. The lowest BCUT2D eigenvalue weighted by Gasteiger charge is -2.34. The highest BCUT2D eigenvalue weighted by Crippen LogP contribution is 2.17. The Labute approximate surface area is 184 Å². The highest BCUT2D eigenvalue weighted by molar-refractivity contribution is 6.41. The van der Waals surface area contributed by atoms with E-state index >= 15 is 0 Å². The van der Waals surface area contributed by atoms with Crippen molar-refractivity contribution >= 4 is 29.1 Å². The molecule has 1 fully saturated rings. The molecule has 2 aromatic carbocycles. The fraction of sp³-hybridized carbons (Fsp3) is 0.227. The van der Waals surface area contributed by atoms with Crippen molar-refractivity contribution in [2.75, 3.05) is 26.2 Å². The van der Waals surface area contributed by atoms with Crippen molar-refractivity contribution in [3.8, 4) is 5.69 Å².